The summed E-state index contributed by atoms with van der Waals surface area (Å²) in [5.74, 6) is 1.14. The van der Waals surface area contributed by atoms with E-state index in [-0.39, 0.29) is 28.3 Å². The van der Waals surface area contributed by atoms with Crippen LogP contribution in [0.3, 0.4) is 0 Å². The van der Waals surface area contributed by atoms with E-state index >= 15 is 0 Å². The average Bonchev–Trinajstić information content (AvgIpc) is 2.70. The van der Waals surface area contributed by atoms with Crippen LogP contribution in [0.2, 0.25) is 0 Å². The molecule has 0 saturated heterocycles. The molecule has 3 heteroatoms. The van der Waals surface area contributed by atoms with Crippen molar-refractivity contribution in [3.05, 3.63) is 0 Å². The topological polar surface area (TPSA) is 43.4 Å². The predicted octanol–water partition coefficient (Wildman–Crippen LogP) is 4.14. The van der Waals surface area contributed by atoms with Gasteiger partial charge < -0.3 is 4.74 Å². The van der Waals surface area contributed by atoms with Gasteiger partial charge in [0.2, 0.25) is 0 Å². The number of carbonyl (C=O) groups is 2. The molecule has 5 atom stereocenters. The molecule has 3 aliphatic carbocycles. The molecule has 3 nitrogen and oxygen atoms in total. The van der Waals surface area contributed by atoms with Crippen molar-refractivity contribution < 1.29 is 14.3 Å². The van der Waals surface area contributed by atoms with E-state index in [2.05, 4.69) is 27.7 Å². The van der Waals surface area contributed by atoms with Crippen LogP contribution in [-0.2, 0) is 14.3 Å². The molecular formula is C19H30O3. The van der Waals surface area contributed by atoms with Crippen molar-refractivity contribution in [3.63, 3.8) is 0 Å². The van der Waals surface area contributed by atoms with E-state index in [1.807, 2.05) is 0 Å². The summed E-state index contributed by atoms with van der Waals surface area (Å²) < 4.78 is 5.80. The number of fused-ring (bicyclic) bond motifs is 3. The maximum absolute atomic E-state index is 12.5. The zero-order chi connectivity index (χ0) is 16.3. The van der Waals surface area contributed by atoms with Crippen LogP contribution < -0.4 is 0 Å². The molecule has 0 aromatic heterocycles. The molecule has 0 amide bonds. The molecule has 3 aliphatic rings. The van der Waals surface area contributed by atoms with Crippen molar-refractivity contribution >= 4 is 11.8 Å². The summed E-state index contributed by atoms with van der Waals surface area (Å²) in [5.41, 5.74) is 0.00200. The lowest BCUT2D eigenvalue weighted by Gasteiger charge is -2.62. The molecular weight excluding hydrogens is 276 g/mol. The Morgan fingerprint density at radius 3 is 2.36 bits per heavy atom. The number of esters is 1. The van der Waals surface area contributed by atoms with E-state index in [4.69, 9.17) is 4.74 Å². The molecule has 3 saturated carbocycles. The number of hydrogen-bond donors (Lipinski definition) is 0. The smallest absolute Gasteiger partial charge is 0.302 e. The standard InChI is InChI=1S/C19H30O3/c1-12(20)22-16-9-10-17(2,3)13-8-11-18(4)14(19(13,16)5)6-7-15(18)21/h13-14,16H,6-11H2,1-5H3/t13-,14-,16+,18-,19-/m1/s1. The first-order valence-electron chi connectivity index (χ1n) is 8.83. The molecule has 0 aromatic carbocycles. The normalized spacial score (nSPS) is 46.8. The van der Waals surface area contributed by atoms with Gasteiger partial charge in [0.15, 0.2) is 0 Å². The summed E-state index contributed by atoms with van der Waals surface area (Å²) in [7, 11) is 0. The first-order valence-corrected chi connectivity index (χ1v) is 8.83. The predicted molar refractivity (Wildman–Crippen MR) is 85.2 cm³/mol. The van der Waals surface area contributed by atoms with E-state index < -0.39 is 0 Å². The second-order valence-electron chi connectivity index (χ2n) is 9.01. The van der Waals surface area contributed by atoms with Gasteiger partial charge in [0.05, 0.1) is 0 Å². The zero-order valence-corrected chi connectivity index (χ0v) is 14.7. The highest BCUT2D eigenvalue weighted by Gasteiger charge is 2.66. The second kappa shape index (κ2) is 4.82. The van der Waals surface area contributed by atoms with E-state index in [0.717, 1.165) is 32.1 Å². The largest absolute Gasteiger partial charge is 0.462 e. The van der Waals surface area contributed by atoms with Crippen LogP contribution in [0.15, 0.2) is 0 Å². The first-order chi connectivity index (χ1) is 10.1. The summed E-state index contributed by atoms with van der Waals surface area (Å²) in [6.07, 6.45) is 5.77. The Labute approximate surface area is 134 Å². The molecule has 0 spiro atoms. The molecule has 3 fully saturated rings. The van der Waals surface area contributed by atoms with E-state index in [1.54, 1.807) is 0 Å². The minimum absolute atomic E-state index is 0.0291. The van der Waals surface area contributed by atoms with Crippen molar-refractivity contribution in [3.8, 4) is 0 Å². The highest BCUT2D eigenvalue weighted by molar-refractivity contribution is 5.87. The minimum Gasteiger partial charge on any atom is -0.462 e. The maximum Gasteiger partial charge on any atom is 0.302 e. The molecule has 0 bridgehead atoms. The maximum atomic E-state index is 12.5. The number of rotatable bonds is 1. The van der Waals surface area contributed by atoms with Gasteiger partial charge in [0.25, 0.3) is 0 Å². The number of hydrogen-bond acceptors (Lipinski definition) is 3. The van der Waals surface area contributed by atoms with E-state index in [0.29, 0.717) is 24.0 Å². The van der Waals surface area contributed by atoms with Gasteiger partial charge in [0.1, 0.15) is 11.9 Å². The Balaban J connectivity index is 2.05. The number of ether oxygens (including phenoxy) is 1. The van der Waals surface area contributed by atoms with E-state index in [9.17, 15) is 9.59 Å². The van der Waals surface area contributed by atoms with E-state index in [1.165, 1.54) is 6.92 Å². The first kappa shape index (κ1) is 16.0. The molecule has 3 rings (SSSR count). The summed E-state index contributed by atoms with van der Waals surface area (Å²) in [5, 5.41) is 0. The monoisotopic (exact) mass is 306 g/mol. The lowest BCUT2D eigenvalue weighted by Crippen LogP contribution is -2.61. The van der Waals surface area contributed by atoms with Crippen LogP contribution in [0, 0.1) is 28.1 Å². The van der Waals surface area contributed by atoms with Gasteiger partial charge in [-0.05, 0) is 49.4 Å². The molecule has 0 aromatic rings. The molecule has 0 heterocycles. The fourth-order valence-corrected chi connectivity index (χ4v) is 6.44. The summed E-state index contributed by atoms with van der Waals surface area (Å²) in [4.78, 5) is 24.2. The van der Waals surface area contributed by atoms with Gasteiger partial charge >= 0.3 is 5.97 Å². The van der Waals surface area contributed by atoms with Gasteiger partial charge in [-0.15, -0.1) is 0 Å². The van der Waals surface area contributed by atoms with Crippen LogP contribution in [0.1, 0.15) is 73.1 Å². The Hall–Kier alpha value is -0.860. The fraction of sp³-hybridized carbons (Fsp3) is 0.895. The highest BCUT2D eigenvalue weighted by atomic mass is 16.5. The van der Waals surface area contributed by atoms with Crippen LogP contribution in [-0.4, -0.2) is 17.9 Å². The number of Topliss-reactive ketones (excluding diaryl/α,β-unsaturated/α-hetero) is 1. The zero-order valence-electron chi connectivity index (χ0n) is 14.7. The van der Waals surface area contributed by atoms with Crippen molar-refractivity contribution in [2.75, 3.05) is 0 Å². The highest BCUT2D eigenvalue weighted by Crippen LogP contribution is 2.67. The molecule has 0 radical (unpaired) electrons. The van der Waals surface area contributed by atoms with Crippen LogP contribution in [0.5, 0.6) is 0 Å². The summed E-state index contributed by atoms with van der Waals surface area (Å²) in [6, 6.07) is 0. The molecule has 22 heavy (non-hydrogen) atoms. The third kappa shape index (κ3) is 2.00. The Bertz CT molecular complexity index is 509. The summed E-state index contributed by atoms with van der Waals surface area (Å²) in [6.45, 7) is 10.7. The minimum atomic E-state index is -0.197. The van der Waals surface area contributed by atoms with Gasteiger partial charge in [-0.25, -0.2) is 0 Å². The quantitative estimate of drug-likeness (QED) is 0.684. The Morgan fingerprint density at radius 2 is 1.73 bits per heavy atom. The third-order valence-corrected chi connectivity index (χ3v) is 7.52. The Kier molecular flexibility index (Phi) is 3.51. The molecule has 0 aliphatic heterocycles. The number of ketones is 1. The van der Waals surface area contributed by atoms with Gasteiger partial charge in [0, 0.05) is 24.2 Å². The van der Waals surface area contributed by atoms with Gasteiger partial charge in [-0.1, -0.05) is 27.7 Å². The van der Waals surface area contributed by atoms with Crippen molar-refractivity contribution in [1.82, 2.24) is 0 Å². The second-order valence-corrected chi connectivity index (χ2v) is 9.01. The lowest BCUT2D eigenvalue weighted by molar-refractivity contribution is -0.201. The van der Waals surface area contributed by atoms with Gasteiger partial charge in [-0.3, -0.25) is 9.59 Å². The van der Waals surface area contributed by atoms with Crippen LogP contribution in [0.25, 0.3) is 0 Å². The molecule has 0 unspecified atom stereocenters. The van der Waals surface area contributed by atoms with Crippen molar-refractivity contribution in [2.45, 2.75) is 79.2 Å². The van der Waals surface area contributed by atoms with Crippen molar-refractivity contribution in [1.29, 1.82) is 0 Å². The molecule has 0 N–H and O–H groups in total. The SMILES string of the molecule is CC(=O)O[C@H]1CCC(C)(C)[C@H]2CC[C@@]3(C)C(=O)CC[C@H]3[C@]12C. The molecule has 124 valence electrons. The number of carbonyl (C=O) groups excluding carboxylic acids is 2. The fourth-order valence-electron chi connectivity index (χ4n) is 6.44. The van der Waals surface area contributed by atoms with Crippen molar-refractivity contribution in [2.24, 2.45) is 28.1 Å². The van der Waals surface area contributed by atoms with Gasteiger partial charge in [-0.2, -0.15) is 0 Å². The third-order valence-electron chi connectivity index (χ3n) is 7.52. The lowest BCUT2D eigenvalue weighted by atomic mass is 9.43. The Morgan fingerprint density at radius 1 is 1.05 bits per heavy atom. The average molecular weight is 306 g/mol. The van der Waals surface area contributed by atoms with Crippen LogP contribution >= 0.6 is 0 Å². The summed E-state index contributed by atoms with van der Waals surface area (Å²) >= 11 is 0. The van der Waals surface area contributed by atoms with Crippen LogP contribution in [0.4, 0.5) is 0 Å².